The lowest BCUT2D eigenvalue weighted by Crippen LogP contribution is -2.28. The van der Waals surface area contributed by atoms with Crippen LogP contribution in [0.4, 0.5) is 0 Å². The van der Waals surface area contributed by atoms with Gasteiger partial charge >= 0.3 is 5.97 Å². The number of hydrogen-bond donors (Lipinski definition) is 0. The van der Waals surface area contributed by atoms with Crippen LogP contribution in [0.5, 0.6) is 5.75 Å². The first-order chi connectivity index (χ1) is 11.2. The monoisotopic (exact) mass is 314 g/mol. The molecule has 0 heterocycles. The maximum Gasteiger partial charge on any atom is 0.335 e. The minimum Gasteiger partial charge on any atom is -0.489 e. The van der Waals surface area contributed by atoms with E-state index in [1.54, 1.807) is 0 Å². The Kier molecular flexibility index (Phi) is 6.63. The summed E-state index contributed by atoms with van der Waals surface area (Å²) in [5, 5.41) is 0. The molecule has 1 atom stereocenters. The standard InChI is InChI=1S/C19H22O4/c1-3-22-18(19(20)21-2)13-16-10-7-11-17(12-16)23-14-15-8-5-4-6-9-15/h4-12,18H,3,13-14H2,1-2H3. The topological polar surface area (TPSA) is 44.8 Å². The van der Waals surface area contributed by atoms with Gasteiger partial charge in [0, 0.05) is 13.0 Å². The third kappa shape index (κ3) is 5.42. The number of rotatable bonds is 8. The Morgan fingerprint density at radius 2 is 1.78 bits per heavy atom. The van der Waals surface area contributed by atoms with Crippen molar-refractivity contribution in [1.29, 1.82) is 0 Å². The van der Waals surface area contributed by atoms with Crippen molar-refractivity contribution in [2.45, 2.75) is 26.1 Å². The van der Waals surface area contributed by atoms with E-state index in [4.69, 9.17) is 14.2 Å². The molecule has 0 saturated carbocycles. The Labute approximate surface area is 137 Å². The normalized spacial score (nSPS) is 11.7. The van der Waals surface area contributed by atoms with Crippen LogP contribution in [0, 0.1) is 0 Å². The van der Waals surface area contributed by atoms with Gasteiger partial charge in [0.15, 0.2) is 6.10 Å². The number of carbonyl (C=O) groups excluding carboxylic acids is 1. The minimum absolute atomic E-state index is 0.359. The quantitative estimate of drug-likeness (QED) is 0.701. The van der Waals surface area contributed by atoms with Gasteiger partial charge in [0.1, 0.15) is 12.4 Å². The van der Waals surface area contributed by atoms with Crippen LogP contribution in [0.25, 0.3) is 0 Å². The fourth-order valence-electron chi connectivity index (χ4n) is 2.26. The lowest BCUT2D eigenvalue weighted by atomic mass is 10.1. The Morgan fingerprint density at radius 3 is 2.48 bits per heavy atom. The van der Waals surface area contributed by atoms with E-state index in [1.165, 1.54) is 7.11 Å². The lowest BCUT2D eigenvalue weighted by Gasteiger charge is -2.15. The van der Waals surface area contributed by atoms with Gasteiger partial charge in [0.25, 0.3) is 0 Å². The Hall–Kier alpha value is -2.33. The van der Waals surface area contributed by atoms with Gasteiger partial charge < -0.3 is 14.2 Å². The number of ether oxygens (including phenoxy) is 3. The first-order valence-corrected chi connectivity index (χ1v) is 7.68. The third-order valence-corrected chi connectivity index (χ3v) is 3.40. The molecule has 2 aromatic rings. The highest BCUT2D eigenvalue weighted by molar-refractivity contribution is 5.75. The summed E-state index contributed by atoms with van der Waals surface area (Å²) in [7, 11) is 1.37. The summed E-state index contributed by atoms with van der Waals surface area (Å²) >= 11 is 0. The Morgan fingerprint density at radius 1 is 1.04 bits per heavy atom. The van der Waals surface area contributed by atoms with Gasteiger partial charge in [-0.3, -0.25) is 0 Å². The molecule has 0 fully saturated rings. The average Bonchev–Trinajstić information content (AvgIpc) is 2.60. The van der Waals surface area contributed by atoms with Crippen LogP contribution < -0.4 is 4.74 Å². The van der Waals surface area contributed by atoms with E-state index < -0.39 is 6.10 Å². The molecule has 0 aliphatic heterocycles. The van der Waals surface area contributed by atoms with E-state index in [9.17, 15) is 4.79 Å². The summed E-state index contributed by atoms with van der Waals surface area (Å²) in [5.41, 5.74) is 2.08. The van der Waals surface area contributed by atoms with E-state index in [1.807, 2.05) is 61.5 Å². The molecule has 1 unspecified atom stereocenters. The number of methoxy groups -OCH3 is 1. The summed E-state index contributed by atoms with van der Waals surface area (Å²) in [6.45, 7) is 2.83. The van der Waals surface area contributed by atoms with Crippen LogP contribution in [0.3, 0.4) is 0 Å². The van der Waals surface area contributed by atoms with Crippen molar-refractivity contribution in [2.75, 3.05) is 13.7 Å². The molecule has 23 heavy (non-hydrogen) atoms. The summed E-state index contributed by atoms with van der Waals surface area (Å²) in [6, 6.07) is 17.7. The molecule has 2 aromatic carbocycles. The van der Waals surface area contributed by atoms with Crippen LogP contribution in [-0.4, -0.2) is 25.8 Å². The molecule has 4 heteroatoms. The maximum atomic E-state index is 11.7. The van der Waals surface area contributed by atoms with E-state index in [0.717, 1.165) is 16.9 Å². The first-order valence-electron chi connectivity index (χ1n) is 7.68. The van der Waals surface area contributed by atoms with Crippen LogP contribution in [-0.2, 0) is 27.3 Å². The first kappa shape index (κ1) is 17.0. The number of hydrogen-bond acceptors (Lipinski definition) is 4. The van der Waals surface area contributed by atoms with Gasteiger partial charge in [0.05, 0.1) is 7.11 Å². The summed E-state index contributed by atoms with van der Waals surface area (Å²) < 4.78 is 16.0. The number of esters is 1. The SMILES string of the molecule is CCOC(Cc1cccc(OCc2ccccc2)c1)C(=O)OC. The molecule has 0 saturated heterocycles. The zero-order valence-corrected chi connectivity index (χ0v) is 13.5. The predicted molar refractivity (Wildman–Crippen MR) is 88.4 cm³/mol. The Bertz CT molecular complexity index is 610. The number of benzene rings is 2. The van der Waals surface area contributed by atoms with Crippen LogP contribution in [0.1, 0.15) is 18.1 Å². The summed E-state index contributed by atoms with van der Waals surface area (Å²) in [6.07, 6.45) is -0.127. The van der Waals surface area contributed by atoms with Gasteiger partial charge in [-0.25, -0.2) is 4.79 Å². The van der Waals surface area contributed by atoms with Crippen molar-refractivity contribution in [2.24, 2.45) is 0 Å². The third-order valence-electron chi connectivity index (χ3n) is 3.40. The molecule has 0 aromatic heterocycles. The van der Waals surface area contributed by atoms with Crippen molar-refractivity contribution < 1.29 is 19.0 Å². The highest BCUT2D eigenvalue weighted by Crippen LogP contribution is 2.17. The molecule has 0 N–H and O–H groups in total. The average molecular weight is 314 g/mol. The maximum absolute atomic E-state index is 11.7. The summed E-state index contributed by atoms with van der Waals surface area (Å²) in [4.78, 5) is 11.7. The van der Waals surface area contributed by atoms with Gasteiger partial charge in [-0.05, 0) is 30.2 Å². The van der Waals surface area contributed by atoms with Gasteiger partial charge in [-0.2, -0.15) is 0 Å². The van der Waals surface area contributed by atoms with Gasteiger partial charge in [-0.1, -0.05) is 42.5 Å². The van der Waals surface area contributed by atoms with Crippen LogP contribution in [0.2, 0.25) is 0 Å². The lowest BCUT2D eigenvalue weighted by molar-refractivity contribution is -0.153. The van der Waals surface area contributed by atoms with Crippen molar-refractivity contribution in [3.8, 4) is 5.75 Å². The van der Waals surface area contributed by atoms with E-state index in [2.05, 4.69) is 0 Å². The molecule has 0 radical (unpaired) electrons. The van der Waals surface area contributed by atoms with E-state index in [-0.39, 0.29) is 5.97 Å². The minimum atomic E-state index is -0.589. The van der Waals surface area contributed by atoms with Crippen molar-refractivity contribution in [3.05, 3.63) is 65.7 Å². The van der Waals surface area contributed by atoms with Gasteiger partial charge in [0.2, 0.25) is 0 Å². The molecule has 0 bridgehead atoms. The summed E-state index contributed by atoms with van der Waals surface area (Å²) in [5.74, 6) is 0.411. The molecule has 122 valence electrons. The molecular formula is C19H22O4. The van der Waals surface area contributed by atoms with Crippen molar-refractivity contribution in [3.63, 3.8) is 0 Å². The molecule has 0 aliphatic carbocycles. The second-order valence-electron chi connectivity index (χ2n) is 5.09. The highest BCUT2D eigenvalue weighted by Gasteiger charge is 2.19. The molecule has 0 amide bonds. The van der Waals surface area contributed by atoms with Crippen LogP contribution >= 0.6 is 0 Å². The van der Waals surface area contributed by atoms with Crippen molar-refractivity contribution >= 4 is 5.97 Å². The second-order valence-corrected chi connectivity index (χ2v) is 5.09. The van der Waals surface area contributed by atoms with E-state index >= 15 is 0 Å². The fraction of sp³-hybridized carbons (Fsp3) is 0.316. The zero-order chi connectivity index (χ0) is 16.5. The van der Waals surface area contributed by atoms with Gasteiger partial charge in [-0.15, -0.1) is 0 Å². The van der Waals surface area contributed by atoms with Crippen molar-refractivity contribution in [1.82, 2.24) is 0 Å². The predicted octanol–water partition coefficient (Wildman–Crippen LogP) is 3.39. The molecule has 2 rings (SSSR count). The second kappa shape index (κ2) is 8.96. The molecule has 0 aliphatic rings. The van der Waals surface area contributed by atoms with Crippen LogP contribution in [0.15, 0.2) is 54.6 Å². The molecule has 4 nitrogen and oxygen atoms in total. The Balaban J connectivity index is 1.99. The smallest absolute Gasteiger partial charge is 0.335 e. The highest BCUT2D eigenvalue weighted by atomic mass is 16.6. The zero-order valence-electron chi connectivity index (χ0n) is 13.5. The molecule has 0 spiro atoms. The number of carbonyl (C=O) groups is 1. The van der Waals surface area contributed by atoms with E-state index in [0.29, 0.717) is 19.6 Å². The molecular weight excluding hydrogens is 292 g/mol. The fourth-order valence-corrected chi connectivity index (χ4v) is 2.26. The largest absolute Gasteiger partial charge is 0.489 e.